The molecular weight excluding hydrogens is 455 g/mol. The van der Waals surface area contributed by atoms with E-state index in [1.54, 1.807) is 12.1 Å². The van der Waals surface area contributed by atoms with E-state index in [0.29, 0.717) is 21.9 Å². The lowest BCUT2D eigenvalue weighted by molar-refractivity contribution is 0.275. The SMILES string of the molecule is Cc1ccc(-n2cccn2)c(N2CC3CC(CN(c4cnc5cc(Cl)c(Cl)cc5n4)C3)C2)c1. The van der Waals surface area contributed by atoms with Crippen LogP contribution in [0.3, 0.4) is 0 Å². The second-order valence-corrected chi connectivity index (χ2v) is 10.0. The van der Waals surface area contributed by atoms with Gasteiger partial charge in [0.1, 0.15) is 5.82 Å². The van der Waals surface area contributed by atoms with Crippen molar-refractivity contribution in [2.24, 2.45) is 11.8 Å². The van der Waals surface area contributed by atoms with E-state index in [2.05, 4.69) is 45.0 Å². The van der Waals surface area contributed by atoms with Crippen LogP contribution >= 0.6 is 23.2 Å². The normalized spacial score (nSPS) is 20.5. The fourth-order valence-electron chi connectivity index (χ4n) is 5.31. The van der Waals surface area contributed by atoms with Crippen LogP contribution in [0.15, 0.2) is 55.0 Å². The van der Waals surface area contributed by atoms with Crippen LogP contribution < -0.4 is 9.80 Å². The Morgan fingerprint density at radius 2 is 1.61 bits per heavy atom. The fraction of sp³-hybridized carbons (Fsp3) is 0.320. The maximum absolute atomic E-state index is 6.21. The van der Waals surface area contributed by atoms with Gasteiger partial charge in [0.05, 0.1) is 38.7 Å². The molecule has 2 aromatic carbocycles. The minimum absolute atomic E-state index is 0.504. The number of nitrogens with zero attached hydrogens (tertiary/aromatic N) is 6. The first-order chi connectivity index (χ1) is 16.0. The van der Waals surface area contributed by atoms with Crippen molar-refractivity contribution in [1.29, 1.82) is 0 Å². The summed E-state index contributed by atoms with van der Waals surface area (Å²) < 4.78 is 1.97. The number of hydrogen-bond donors (Lipinski definition) is 0. The molecule has 2 aliphatic heterocycles. The predicted molar refractivity (Wildman–Crippen MR) is 134 cm³/mol. The van der Waals surface area contributed by atoms with Crippen molar-refractivity contribution in [3.8, 4) is 5.69 Å². The minimum atomic E-state index is 0.504. The van der Waals surface area contributed by atoms with Crippen molar-refractivity contribution in [3.63, 3.8) is 0 Å². The Hall–Kier alpha value is -2.83. The molecule has 2 unspecified atom stereocenters. The first-order valence-corrected chi connectivity index (χ1v) is 12.0. The lowest BCUT2D eigenvalue weighted by Gasteiger charge is -2.47. The molecule has 2 fully saturated rings. The maximum Gasteiger partial charge on any atom is 0.147 e. The Morgan fingerprint density at radius 1 is 0.879 bits per heavy atom. The van der Waals surface area contributed by atoms with Crippen molar-refractivity contribution < 1.29 is 0 Å². The number of benzene rings is 2. The van der Waals surface area contributed by atoms with Gasteiger partial charge in [-0.05, 0) is 61.1 Å². The van der Waals surface area contributed by atoms with E-state index in [0.717, 1.165) is 48.7 Å². The Morgan fingerprint density at radius 3 is 2.33 bits per heavy atom. The highest BCUT2D eigenvalue weighted by Gasteiger charge is 2.35. The zero-order valence-electron chi connectivity index (χ0n) is 18.3. The van der Waals surface area contributed by atoms with Crippen molar-refractivity contribution in [2.75, 3.05) is 36.0 Å². The predicted octanol–water partition coefficient (Wildman–Crippen LogP) is 5.39. The Labute approximate surface area is 202 Å². The molecule has 0 saturated carbocycles. The number of rotatable bonds is 3. The highest BCUT2D eigenvalue weighted by molar-refractivity contribution is 6.42. The van der Waals surface area contributed by atoms with Gasteiger partial charge >= 0.3 is 0 Å². The van der Waals surface area contributed by atoms with Gasteiger partial charge in [0, 0.05) is 38.6 Å². The van der Waals surface area contributed by atoms with Crippen LogP contribution in [-0.2, 0) is 0 Å². The van der Waals surface area contributed by atoms with Crippen LogP contribution in [0.2, 0.25) is 10.0 Å². The highest BCUT2D eigenvalue weighted by Crippen LogP contribution is 2.36. The third-order valence-electron chi connectivity index (χ3n) is 6.70. The van der Waals surface area contributed by atoms with Gasteiger partial charge in [0.25, 0.3) is 0 Å². The third-order valence-corrected chi connectivity index (χ3v) is 7.42. The summed E-state index contributed by atoms with van der Waals surface area (Å²) in [6, 6.07) is 12.2. The number of aromatic nitrogens is 4. The largest absolute Gasteiger partial charge is 0.369 e. The molecule has 0 spiro atoms. The van der Waals surface area contributed by atoms with Crippen LogP contribution in [0.5, 0.6) is 0 Å². The average Bonchev–Trinajstić information content (AvgIpc) is 3.33. The average molecular weight is 479 g/mol. The molecule has 0 aliphatic carbocycles. The lowest BCUT2D eigenvalue weighted by Crippen LogP contribution is -2.53. The summed E-state index contributed by atoms with van der Waals surface area (Å²) in [6.45, 7) is 6.13. The molecule has 4 aromatic rings. The molecule has 6 nitrogen and oxygen atoms in total. The van der Waals surface area contributed by atoms with Crippen LogP contribution in [0.1, 0.15) is 12.0 Å². The van der Waals surface area contributed by atoms with E-state index >= 15 is 0 Å². The molecule has 0 N–H and O–H groups in total. The van der Waals surface area contributed by atoms with Crippen molar-refractivity contribution in [3.05, 3.63) is 70.6 Å². The molecule has 2 bridgehead atoms. The number of aryl methyl sites for hydroxylation is 1. The van der Waals surface area contributed by atoms with Gasteiger partial charge in [-0.25, -0.2) is 9.67 Å². The molecule has 2 atom stereocenters. The summed E-state index contributed by atoms with van der Waals surface area (Å²) in [4.78, 5) is 14.4. The van der Waals surface area contributed by atoms with Gasteiger partial charge in [-0.1, -0.05) is 29.3 Å². The number of fused-ring (bicyclic) bond motifs is 3. The Kier molecular flexibility index (Phi) is 5.15. The monoisotopic (exact) mass is 478 g/mol. The molecular formula is C25H24Cl2N6. The van der Waals surface area contributed by atoms with E-state index in [1.807, 2.05) is 29.3 Å². The second kappa shape index (κ2) is 8.19. The van der Waals surface area contributed by atoms with Gasteiger partial charge < -0.3 is 9.80 Å². The first-order valence-electron chi connectivity index (χ1n) is 11.3. The summed E-state index contributed by atoms with van der Waals surface area (Å²) in [6.07, 6.45) is 6.96. The van der Waals surface area contributed by atoms with Crippen LogP contribution in [0, 0.1) is 18.8 Å². The number of hydrogen-bond acceptors (Lipinski definition) is 5. The van der Waals surface area contributed by atoms with Gasteiger partial charge in [0.2, 0.25) is 0 Å². The first kappa shape index (κ1) is 20.8. The quantitative estimate of drug-likeness (QED) is 0.394. The van der Waals surface area contributed by atoms with Crippen LogP contribution in [-0.4, -0.2) is 45.9 Å². The molecule has 33 heavy (non-hydrogen) atoms. The zero-order chi connectivity index (χ0) is 22.5. The van der Waals surface area contributed by atoms with Crippen LogP contribution in [0.4, 0.5) is 11.5 Å². The van der Waals surface area contributed by atoms with Crippen molar-refractivity contribution >= 4 is 45.7 Å². The minimum Gasteiger partial charge on any atom is -0.369 e. The number of piperidine rings is 2. The molecule has 8 heteroatoms. The van der Waals surface area contributed by atoms with E-state index in [4.69, 9.17) is 28.2 Å². The molecule has 0 radical (unpaired) electrons. The fourth-order valence-corrected chi connectivity index (χ4v) is 5.62. The number of halogens is 2. The van der Waals surface area contributed by atoms with Gasteiger partial charge in [0.15, 0.2) is 0 Å². The Bertz CT molecular complexity index is 1310. The molecule has 2 aliphatic rings. The summed E-state index contributed by atoms with van der Waals surface area (Å²) in [5.74, 6) is 2.04. The standard InChI is InChI=1S/C25H24Cl2N6/c1-16-3-4-23(33-6-2-5-29-33)24(7-16)31-12-17-8-18(13-31)15-32(14-17)25-11-28-21-9-19(26)20(27)10-22(21)30-25/h2-7,9-11,17-18H,8,12-15H2,1H3. The van der Waals surface area contributed by atoms with E-state index < -0.39 is 0 Å². The molecule has 2 saturated heterocycles. The van der Waals surface area contributed by atoms with Crippen LogP contribution in [0.25, 0.3) is 16.7 Å². The molecule has 0 amide bonds. The summed E-state index contributed by atoms with van der Waals surface area (Å²) in [7, 11) is 0. The lowest BCUT2D eigenvalue weighted by atomic mass is 9.84. The van der Waals surface area contributed by atoms with Gasteiger partial charge in [-0.2, -0.15) is 5.10 Å². The molecule has 6 rings (SSSR count). The van der Waals surface area contributed by atoms with Crippen molar-refractivity contribution in [2.45, 2.75) is 13.3 Å². The van der Waals surface area contributed by atoms with E-state index in [1.165, 1.54) is 17.7 Å². The second-order valence-electron chi connectivity index (χ2n) is 9.20. The topological polar surface area (TPSA) is 50.1 Å². The number of anilines is 2. The summed E-state index contributed by atoms with van der Waals surface area (Å²) in [5, 5.41) is 5.49. The molecule has 2 aromatic heterocycles. The highest BCUT2D eigenvalue weighted by atomic mass is 35.5. The smallest absolute Gasteiger partial charge is 0.147 e. The van der Waals surface area contributed by atoms with Gasteiger partial charge in [-0.15, -0.1) is 0 Å². The third kappa shape index (κ3) is 3.91. The van der Waals surface area contributed by atoms with Crippen molar-refractivity contribution in [1.82, 2.24) is 19.7 Å². The van der Waals surface area contributed by atoms with E-state index in [9.17, 15) is 0 Å². The maximum atomic E-state index is 6.21. The van der Waals surface area contributed by atoms with E-state index in [-0.39, 0.29) is 0 Å². The molecule has 4 heterocycles. The summed E-state index contributed by atoms with van der Waals surface area (Å²) >= 11 is 12.4. The Balaban J connectivity index is 1.26. The molecule has 168 valence electrons. The zero-order valence-corrected chi connectivity index (χ0v) is 19.8. The summed E-state index contributed by atoms with van der Waals surface area (Å²) in [5.41, 5.74) is 5.21. The van der Waals surface area contributed by atoms with Gasteiger partial charge in [-0.3, -0.25) is 4.98 Å².